The number of nitrogens with one attached hydrogen (secondary N) is 1. The molecule has 0 aliphatic carbocycles. The van der Waals surface area contributed by atoms with Gasteiger partial charge in [-0.1, -0.05) is 31.2 Å². The molecule has 3 heterocycles. The SMILES string of the molecule is CCc1ccc(C2CNCCN2S(=O)(=O)c2cn3c(n2)CCCC3)cc1. The average Bonchev–Trinajstić information content (AvgIpc) is 3.13. The molecular weight excluding hydrogens is 348 g/mol. The second-order valence-electron chi connectivity index (χ2n) is 7.08. The molecule has 26 heavy (non-hydrogen) atoms. The Labute approximate surface area is 155 Å². The Morgan fingerprint density at radius 2 is 2.00 bits per heavy atom. The first-order chi connectivity index (χ1) is 12.6. The van der Waals surface area contributed by atoms with Crippen molar-refractivity contribution in [1.82, 2.24) is 19.2 Å². The first-order valence-electron chi connectivity index (χ1n) is 9.47. The number of rotatable bonds is 4. The van der Waals surface area contributed by atoms with Gasteiger partial charge in [-0.15, -0.1) is 0 Å². The minimum atomic E-state index is -3.61. The molecule has 1 N–H and O–H groups in total. The quantitative estimate of drug-likeness (QED) is 0.890. The number of imidazole rings is 1. The summed E-state index contributed by atoms with van der Waals surface area (Å²) in [5, 5.41) is 3.53. The summed E-state index contributed by atoms with van der Waals surface area (Å²) in [6.45, 7) is 4.73. The smallest absolute Gasteiger partial charge is 0.262 e. The van der Waals surface area contributed by atoms with Crippen LogP contribution in [0.5, 0.6) is 0 Å². The Balaban J connectivity index is 1.67. The van der Waals surface area contributed by atoms with E-state index in [1.165, 1.54) is 5.56 Å². The lowest BCUT2D eigenvalue weighted by Gasteiger charge is -2.35. The van der Waals surface area contributed by atoms with Gasteiger partial charge in [0.15, 0.2) is 5.03 Å². The van der Waals surface area contributed by atoms with Gasteiger partial charge >= 0.3 is 0 Å². The topological polar surface area (TPSA) is 67.2 Å². The summed E-state index contributed by atoms with van der Waals surface area (Å²) in [6, 6.07) is 8.08. The number of fused-ring (bicyclic) bond motifs is 1. The van der Waals surface area contributed by atoms with Crippen molar-refractivity contribution in [2.75, 3.05) is 19.6 Å². The summed E-state index contributed by atoms with van der Waals surface area (Å²) in [5.41, 5.74) is 2.29. The largest absolute Gasteiger partial charge is 0.333 e. The molecule has 0 bridgehead atoms. The van der Waals surface area contributed by atoms with Gasteiger partial charge in [0, 0.05) is 38.8 Å². The fourth-order valence-electron chi connectivity index (χ4n) is 3.86. The van der Waals surface area contributed by atoms with Crippen LogP contribution in [0.15, 0.2) is 35.5 Å². The van der Waals surface area contributed by atoms with Crippen LogP contribution in [-0.4, -0.2) is 41.9 Å². The fraction of sp³-hybridized carbons (Fsp3) is 0.526. The number of sulfonamides is 1. The summed E-state index contributed by atoms with van der Waals surface area (Å²) in [7, 11) is -3.61. The minimum absolute atomic E-state index is 0.196. The number of aromatic nitrogens is 2. The molecule has 1 aromatic heterocycles. The molecule has 6 nitrogen and oxygen atoms in total. The molecule has 2 aromatic rings. The van der Waals surface area contributed by atoms with Crippen LogP contribution in [0.2, 0.25) is 0 Å². The number of piperazine rings is 1. The van der Waals surface area contributed by atoms with E-state index in [-0.39, 0.29) is 11.1 Å². The van der Waals surface area contributed by atoms with E-state index in [0.717, 1.165) is 43.6 Å². The van der Waals surface area contributed by atoms with Crippen LogP contribution in [0.1, 0.15) is 42.8 Å². The highest BCUT2D eigenvalue weighted by Gasteiger charge is 2.36. The first-order valence-corrected chi connectivity index (χ1v) is 10.9. The predicted octanol–water partition coefficient (Wildman–Crippen LogP) is 2.12. The molecule has 0 spiro atoms. The average molecular weight is 375 g/mol. The summed E-state index contributed by atoms with van der Waals surface area (Å²) < 4.78 is 30.3. The molecule has 0 amide bonds. The van der Waals surface area contributed by atoms with Crippen LogP contribution < -0.4 is 5.32 Å². The second-order valence-corrected chi connectivity index (χ2v) is 8.91. The van der Waals surface area contributed by atoms with Crippen LogP contribution in [-0.2, 0) is 29.4 Å². The second kappa shape index (κ2) is 7.13. The Kier molecular flexibility index (Phi) is 4.86. The predicted molar refractivity (Wildman–Crippen MR) is 100 cm³/mol. The summed E-state index contributed by atoms with van der Waals surface area (Å²) in [6.07, 6.45) is 5.73. The van der Waals surface area contributed by atoms with E-state index in [0.29, 0.717) is 19.6 Å². The van der Waals surface area contributed by atoms with E-state index in [2.05, 4.69) is 41.5 Å². The fourth-order valence-corrected chi connectivity index (χ4v) is 5.45. The van der Waals surface area contributed by atoms with E-state index in [1.807, 2.05) is 4.57 Å². The van der Waals surface area contributed by atoms with Gasteiger partial charge in [-0.3, -0.25) is 0 Å². The van der Waals surface area contributed by atoms with Crippen molar-refractivity contribution in [1.29, 1.82) is 0 Å². The maximum Gasteiger partial charge on any atom is 0.262 e. The molecule has 1 saturated heterocycles. The lowest BCUT2D eigenvalue weighted by Crippen LogP contribution is -2.48. The Bertz CT molecular complexity index is 850. The lowest BCUT2D eigenvalue weighted by atomic mass is 10.0. The third kappa shape index (κ3) is 3.19. The molecule has 2 aliphatic rings. The summed E-state index contributed by atoms with van der Waals surface area (Å²) in [4.78, 5) is 4.47. The summed E-state index contributed by atoms with van der Waals surface area (Å²) >= 11 is 0. The van der Waals surface area contributed by atoms with E-state index in [1.54, 1.807) is 10.5 Å². The molecule has 1 atom stereocenters. The van der Waals surface area contributed by atoms with Gasteiger partial charge in [-0.05, 0) is 30.4 Å². The van der Waals surface area contributed by atoms with Crippen LogP contribution in [0.4, 0.5) is 0 Å². The van der Waals surface area contributed by atoms with Gasteiger partial charge < -0.3 is 9.88 Å². The molecule has 140 valence electrons. The Morgan fingerprint density at radius 3 is 2.73 bits per heavy atom. The highest BCUT2D eigenvalue weighted by Crippen LogP contribution is 2.29. The Hall–Kier alpha value is -1.70. The third-order valence-electron chi connectivity index (χ3n) is 5.43. The Morgan fingerprint density at radius 1 is 1.19 bits per heavy atom. The zero-order valence-corrected chi connectivity index (χ0v) is 16.0. The van der Waals surface area contributed by atoms with E-state index in [9.17, 15) is 8.42 Å². The van der Waals surface area contributed by atoms with Crippen molar-refractivity contribution in [2.45, 2.75) is 50.2 Å². The molecule has 0 radical (unpaired) electrons. The van der Waals surface area contributed by atoms with Gasteiger partial charge in [0.1, 0.15) is 5.82 Å². The number of hydrogen-bond acceptors (Lipinski definition) is 4. The van der Waals surface area contributed by atoms with Gasteiger partial charge in [0.05, 0.1) is 6.04 Å². The molecule has 7 heteroatoms. The molecule has 1 unspecified atom stereocenters. The number of aryl methyl sites for hydroxylation is 3. The van der Waals surface area contributed by atoms with Crippen molar-refractivity contribution in [3.63, 3.8) is 0 Å². The minimum Gasteiger partial charge on any atom is -0.333 e. The monoisotopic (exact) mass is 374 g/mol. The first kappa shape index (κ1) is 17.7. The van der Waals surface area contributed by atoms with Gasteiger partial charge in [0.2, 0.25) is 0 Å². The maximum atomic E-state index is 13.3. The molecule has 1 fully saturated rings. The lowest BCUT2D eigenvalue weighted by molar-refractivity contribution is 0.271. The van der Waals surface area contributed by atoms with Crippen LogP contribution >= 0.6 is 0 Å². The molecule has 4 rings (SSSR count). The standard InChI is InChI=1S/C19H26N4O2S/c1-2-15-6-8-16(9-7-15)17-13-20-10-12-23(17)26(24,25)19-14-22-11-4-3-5-18(22)21-19/h6-9,14,17,20H,2-5,10-13H2,1H3. The van der Waals surface area contributed by atoms with Crippen molar-refractivity contribution in [2.24, 2.45) is 0 Å². The van der Waals surface area contributed by atoms with E-state index in [4.69, 9.17) is 0 Å². The normalized spacial score (nSPS) is 21.5. The highest BCUT2D eigenvalue weighted by molar-refractivity contribution is 7.89. The highest BCUT2D eigenvalue weighted by atomic mass is 32.2. The summed E-state index contributed by atoms with van der Waals surface area (Å²) in [5.74, 6) is 0.897. The van der Waals surface area contributed by atoms with Crippen molar-refractivity contribution in [3.8, 4) is 0 Å². The van der Waals surface area contributed by atoms with Crippen molar-refractivity contribution < 1.29 is 8.42 Å². The zero-order chi connectivity index (χ0) is 18.1. The van der Waals surface area contributed by atoms with E-state index >= 15 is 0 Å². The third-order valence-corrected chi connectivity index (χ3v) is 7.21. The van der Waals surface area contributed by atoms with E-state index < -0.39 is 10.0 Å². The van der Waals surface area contributed by atoms with Crippen LogP contribution in [0.3, 0.4) is 0 Å². The van der Waals surface area contributed by atoms with Gasteiger partial charge in [0.25, 0.3) is 10.0 Å². The van der Waals surface area contributed by atoms with Crippen molar-refractivity contribution in [3.05, 3.63) is 47.4 Å². The zero-order valence-electron chi connectivity index (χ0n) is 15.2. The number of hydrogen-bond donors (Lipinski definition) is 1. The molecule has 2 aliphatic heterocycles. The maximum absolute atomic E-state index is 13.3. The van der Waals surface area contributed by atoms with Gasteiger partial charge in [-0.25, -0.2) is 13.4 Å². The molecule has 0 saturated carbocycles. The number of benzene rings is 1. The van der Waals surface area contributed by atoms with Gasteiger partial charge in [-0.2, -0.15) is 4.31 Å². The van der Waals surface area contributed by atoms with Crippen LogP contribution in [0, 0.1) is 0 Å². The van der Waals surface area contributed by atoms with Crippen molar-refractivity contribution >= 4 is 10.0 Å². The molecular formula is C19H26N4O2S. The van der Waals surface area contributed by atoms with Crippen LogP contribution in [0.25, 0.3) is 0 Å². The number of nitrogens with zero attached hydrogens (tertiary/aromatic N) is 3. The molecule has 1 aromatic carbocycles.